The molecule has 1 amide bonds. The number of benzene rings is 1. The number of hydrogen-bond acceptors (Lipinski definition) is 4. The summed E-state index contributed by atoms with van der Waals surface area (Å²) in [6.07, 6.45) is 4.04. The van der Waals surface area contributed by atoms with Crippen LogP contribution >= 0.6 is 11.8 Å². The molecule has 0 spiro atoms. The Bertz CT molecular complexity index is 857. The number of carbonyl (C=O) groups is 1. The first-order valence-corrected chi connectivity index (χ1v) is 11.1. The third-order valence-electron chi connectivity index (χ3n) is 4.96. The Morgan fingerprint density at radius 2 is 1.96 bits per heavy atom. The summed E-state index contributed by atoms with van der Waals surface area (Å²) in [5.74, 6) is 1.67. The summed E-state index contributed by atoms with van der Waals surface area (Å²) in [5, 5.41) is 5.69. The first-order chi connectivity index (χ1) is 13.5. The molecule has 0 saturated heterocycles. The van der Waals surface area contributed by atoms with Gasteiger partial charge in [-0.05, 0) is 37.5 Å². The molecule has 28 heavy (non-hydrogen) atoms. The van der Waals surface area contributed by atoms with Gasteiger partial charge in [-0.25, -0.2) is 0 Å². The summed E-state index contributed by atoms with van der Waals surface area (Å²) < 4.78 is 7.56. The Balaban J connectivity index is 1.93. The number of carbonyl (C=O) groups excluding carboxylic acids is 1. The van der Waals surface area contributed by atoms with Crippen LogP contribution in [0.2, 0.25) is 0 Å². The number of ether oxygens (including phenoxy) is 1. The molecule has 2 atom stereocenters. The van der Waals surface area contributed by atoms with Crippen LogP contribution in [0.15, 0.2) is 29.1 Å². The lowest BCUT2D eigenvalue weighted by Gasteiger charge is -2.17. The van der Waals surface area contributed by atoms with Gasteiger partial charge in [-0.15, -0.1) is 11.8 Å². The second-order valence-corrected chi connectivity index (χ2v) is 8.31. The number of nitrogens with zero attached hydrogens (tertiary/aromatic N) is 1. The molecular formula is C21H29N3O3S. The number of amides is 1. The zero-order chi connectivity index (χ0) is 20.1. The lowest BCUT2D eigenvalue weighted by molar-refractivity contribution is -0.113. The van der Waals surface area contributed by atoms with Crippen LogP contribution in [-0.2, 0) is 4.79 Å². The molecule has 7 heteroatoms. The number of fused-ring (bicyclic) bond motifs is 1. The fourth-order valence-corrected chi connectivity index (χ4v) is 4.58. The molecular weight excluding hydrogens is 374 g/mol. The van der Waals surface area contributed by atoms with Crippen LogP contribution in [0.1, 0.15) is 68.9 Å². The number of thioether (sulfide) groups is 1. The predicted octanol–water partition coefficient (Wildman–Crippen LogP) is 4.49. The number of anilines is 1. The second kappa shape index (κ2) is 9.37. The predicted molar refractivity (Wildman–Crippen MR) is 114 cm³/mol. The highest BCUT2D eigenvalue weighted by Crippen LogP contribution is 2.40. The Hall–Kier alpha value is -2.15. The van der Waals surface area contributed by atoms with Gasteiger partial charge in [0, 0.05) is 6.04 Å². The summed E-state index contributed by atoms with van der Waals surface area (Å²) in [4.78, 5) is 25.1. The number of hydrogen-bond donors (Lipinski definition) is 2. The summed E-state index contributed by atoms with van der Waals surface area (Å²) in [6.45, 7) is 7.00. The molecule has 3 rings (SSSR count). The third kappa shape index (κ3) is 4.46. The number of unbranched alkanes of at least 4 members (excludes halogenated alkanes) is 1. The van der Waals surface area contributed by atoms with Crippen LogP contribution in [0.25, 0.3) is 0 Å². The lowest BCUT2D eigenvalue weighted by atomic mass is 10.1. The first kappa shape index (κ1) is 20.6. The summed E-state index contributed by atoms with van der Waals surface area (Å²) in [6, 6.07) is 7.97. The summed E-state index contributed by atoms with van der Waals surface area (Å²) >= 11 is 1.48. The van der Waals surface area contributed by atoms with Gasteiger partial charge in [-0.3, -0.25) is 19.4 Å². The molecule has 0 aliphatic carbocycles. The maximum Gasteiger partial charge on any atom is 0.270 e. The SMILES string of the molecule is CCCCOc1ccc(C2SCC(=O)Nc3c2c(=O)[nH]n3C(C)CCC)cc1. The fourth-order valence-electron chi connectivity index (χ4n) is 3.46. The Labute approximate surface area is 170 Å². The Morgan fingerprint density at radius 3 is 2.64 bits per heavy atom. The van der Waals surface area contributed by atoms with E-state index in [0.717, 1.165) is 37.0 Å². The van der Waals surface area contributed by atoms with Gasteiger partial charge in [-0.2, -0.15) is 0 Å². The van der Waals surface area contributed by atoms with E-state index in [1.165, 1.54) is 11.8 Å². The molecule has 0 saturated carbocycles. The topological polar surface area (TPSA) is 76.1 Å². The minimum Gasteiger partial charge on any atom is -0.494 e. The van der Waals surface area contributed by atoms with Crippen LogP contribution in [0.3, 0.4) is 0 Å². The smallest absolute Gasteiger partial charge is 0.270 e. The largest absolute Gasteiger partial charge is 0.494 e. The molecule has 1 aliphatic rings. The number of rotatable bonds is 8. The molecule has 2 heterocycles. The van der Waals surface area contributed by atoms with Crippen molar-refractivity contribution < 1.29 is 9.53 Å². The van der Waals surface area contributed by atoms with Crippen LogP contribution in [0, 0.1) is 0 Å². The standard InChI is InChI=1S/C21H29N3O3S/c1-4-6-12-27-16-10-8-15(9-11-16)19-18-20(22-17(25)13-28-19)24(23-21(18)26)14(3)7-5-2/h8-11,14,19H,4-7,12-13H2,1-3H3,(H,22,25)(H,23,26). The van der Waals surface area contributed by atoms with E-state index in [-0.39, 0.29) is 22.8 Å². The maximum absolute atomic E-state index is 12.8. The number of aromatic nitrogens is 2. The van der Waals surface area contributed by atoms with Gasteiger partial charge >= 0.3 is 0 Å². The Morgan fingerprint density at radius 1 is 1.21 bits per heavy atom. The van der Waals surface area contributed by atoms with E-state index < -0.39 is 0 Å². The molecule has 2 N–H and O–H groups in total. The van der Waals surface area contributed by atoms with Crippen molar-refractivity contribution in [3.8, 4) is 5.75 Å². The minimum atomic E-state index is -0.197. The van der Waals surface area contributed by atoms with E-state index in [9.17, 15) is 9.59 Å². The average Bonchev–Trinajstić information content (AvgIpc) is 2.89. The van der Waals surface area contributed by atoms with E-state index >= 15 is 0 Å². The highest BCUT2D eigenvalue weighted by atomic mass is 32.2. The normalized spacial score (nSPS) is 17.5. The van der Waals surface area contributed by atoms with Crippen molar-refractivity contribution >= 4 is 23.5 Å². The van der Waals surface area contributed by atoms with Crippen LogP contribution in [-0.4, -0.2) is 28.0 Å². The summed E-state index contributed by atoms with van der Waals surface area (Å²) in [7, 11) is 0. The molecule has 1 aromatic heterocycles. The number of H-pyrrole nitrogens is 1. The van der Waals surface area contributed by atoms with Crippen molar-refractivity contribution in [1.82, 2.24) is 9.78 Å². The van der Waals surface area contributed by atoms with Gasteiger partial charge in [0.05, 0.1) is 23.2 Å². The van der Waals surface area contributed by atoms with Gasteiger partial charge in [0.25, 0.3) is 5.56 Å². The first-order valence-electron chi connectivity index (χ1n) is 10.0. The van der Waals surface area contributed by atoms with Gasteiger partial charge in [-0.1, -0.05) is 38.8 Å². The van der Waals surface area contributed by atoms with Crippen molar-refractivity contribution in [2.75, 3.05) is 17.7 Å². The van der Waals surface area contributed by atoms with Crippen molar-refractivity contribution in [1.29, 1.82) is 0 Å². The molecule has 2 aromatic rings. The summed E-state index contributed by atoms with van der Waals surface area (Å²) in [5.41, 5.74) is 1.48. The molecule has 0 radical (unpaired) electrons. The second-order valence-electron chi connectivity index (χ2n) is 7.22. The van der Waals surface area contributed by atoms with Crippen LogP contribution in [0.5, 0.6) is 5.75 Å². The zero-order valence-electron chi connectivity index (χ0n) is 16.8. The molecule has 1 aromatic carbocycles. The van der Waals surface area contributed by atoms with Crippen LogP contribution < -0.4 is 15.6 Å². The van der Waals surface area contributed by atoms with Gasteiger partial charge < -0.3 is 10.1 Å². The lowest BCUT2D eigenvalue weighted by Crippen LogP contribution is -2.18. The Kier molecular flexibility index (Phi) is 6.88. The van der Waals surface area contributed by atoms with E-state index in [1.807, 2.05) is 28.9 Å². The minimum absolute atomic E-state index is 0.0790. The molecule has 152 valence electrons. The van der Waals surface area contributed by atoms with Crippen LogP contribution in [0.4, 0.5) is 5.82 Å². The number of nitrogens with one attached hydrogen (secondary N) is 2. The number of aromatic amines is 1. The van der Waals surface area contributed by atoms with E-state index in [1.54, 1.807) is 0 Å². The van der Waals surface area contributed by atoms with E-state index in [0.29, 0.717) is 23.7 Å². The maximum atomic E-state index is 12.8. The highest BCUT2D eigenvalue weighted by Gasteiger charge is 2.31. The fraction of sp³-hybridized carbons (Fsp3) is 0.524. The molecule has 2 unspecified atom stereocenters. The molecule has 0 fully saturated rings. The van der Waals surface area contributed by atoms with Crippen molar-refractivity contribution in [3.63, 3.8) is 0 Å². The quantitative estimate of drug-likeness (QED) is 0.637. The molecule has 6 nitrogen and oxygen atoms in total. The molecule has 0 bridgehead atoms. The van der Waals surface area contributed by atoms with Crippen molar-refractivity contribution in [2.45, 2.75) is 57.7 Å². The van der Waals surface area contributed by atoms with Crippen molar-refractivity contribution in [2.24, 2.45) is 0 Å². The highest BCUT2D eigenvalue weighted by molar-refractivity contribution is 8.00. The van der Waals surface area contributed by atoms with Gasteiger partial charge in [0.1, 0.15) is 11.6 Å². The van der Waals surface area contributed by atoms with Crippen molar-refractivity contribution in [3.05, 3.63) is 45.7 Å². The zero-order valence-corrected chi connectivity index (χ0v) is 17.6. The van der Waals surface area contributed by atoms with Gasteiger partial charge in [0.2, 0.25) is 5.91 Å². The third-order valence-corrected chi connectivity index (χ3v) is 6.23. The average molecular weight is 404 g/mol. The monoisotopic (exact) mass is 403 g/mol. The van der Waals surface area contributed by atoms with Gasteiger partial charge in [0.15, 0.2) is 0 Å². The van der Waals surface area contributed by atoms with E-state index in [2.05, 4.69) is 31.2 Å². The molecule has 1 aliphatic heterocycles. The van der Waals surface area contributed by atoms with E-state index in [4.69, 9.17) is 4.74 Å².